The van der Waals surface area contributed by atoms with E-state index in [1.807, 2.05) is 67.7 Å². The van der Waals surface area contributed by atoms with Gasteiger partial charge in [-0.15, -0.1) is 24.0 Å². The molecule has 0 aliphatic rings. The molecule has 3 rings (SSSR count). The molecule has 0 atom stereocenters. The highest BCUT2D eigenvalue weighted by molar-refractivity contribution is 14.0. The van der Waals surface area contributed by atoms with Gasteiger partial charge in [0.25, 0.3) is 0 Å². The molecule has 1 aromatic heterocycles. The molecular weight excluding hydrogens is 429 g/mol. The lowest BCUT2D eigenvalue weighted by Gasteiger charge is -2.09. The van der Waals surface area contributed by atoms with Crippen molar-refractivity contribution in [2.75, 3.05) is 5.32 Å². The summed E-state index contributed by atoms with van der Waals surface area (Å²) in [6.45, 7) is 0.468. The van der Waals surface area contributed by atoms with E-state index in [2.05, 4.69) is 15.4 Å². The van der Waals surface area contributed by atoms with Crippen LogP contribution in [-0.4, -0.2) is 15.7 Å². The largest absolute Gasteiger partial charge is 0.457 e. The molecule has 0 spiro atoms. The first-order chi connectivity index (χ1) is 11.7. The minimum absolute atomic E-state index is 0. The van der Waals surface area contributed by atoms with Gasteiger partial charge >= 0.3 is 0 Å². The first-order valence-electron chi connectivity index (χ1n) is 7.57. The summed E-state index contributed by atoms with van der Waals surface area (Å²) < 4.78 is 7.57. The summed E-state index contributed by atoms with van der Waals surface area (Å²) >= 11 is 0. The third kappa shape index (κ3) is 5.49. The number of benzene rings is 2. The molecule has 0 amide bonds. The Labute approximate surface area is 163 Å². The SMILES string of the molecule is Cn1nccc1CN=C(N)Nc1cccc(Oc2ccccc2)c1.I. The van der Waals surface area contributed by atoms with E-state index < -0.39 is 0 Å². The van der Waals surface area contributed by atoms with Crippen LogP contribution in [0.25, 0.3) is 0 Å². The summed E-state index contributed by atoms with van der Waals surface area (Å²) in [4.78, 5) is 4.32. The van der Waals surface area contributed by atoms with Crippen LogP contribution in [-0.2, 0) is 13.6 Å². The summed E-state index contributed by atoms with van der Waals surface area (Å²) in [7, 11) is 1.87. The van der Waals surface area contributed by atoms with Gasteiger partial charge in [-0.25, -0.2) is 4.99 Å². The first-order valence-corrected chi connectivity index (χ1v) is 7.57. The highest BCUT2D eigenvalue weighted by atomic mass is 127. The van der Waals surface area contributed by atoms with Gasteiger partial charge in [-0.1, -0.05) is 24.3 Å². The maximum absolute atomic E-state index is 5.94. The van der Waals surface area contributed by atoms with Crippen molar-refractivity contribution in [2.45, 2.75) is 6.54 Å². The number of hydrogen-bond acceptors (Lipinski definition) is 3. The molecule has 2 aromatic carbocycles. The predicted octanol–water partition coefficient (Wildman–Crippen LogP) is 3.76. The lowest BCUT2D eigenvalue weighted by molar-refractivity contribution is 0.483. The van der Waals surface area contributed by atoms with Crippen LogP contribution in [0.15, 0.2) is 71.9 Å². The summed E-state index contributed by atoms with van der Waals surface area (Å²) in [5, 5.41) is 7.17. The number of para-hydroxylation sites is 1. The van der Waals surface area contributed by atoms with E-state index in [0.29, 0.717) is 12.5 Å². The van der Waals surface area contributed by atoms with Gasteiger partial charge in [0.2, 0.25) is 0 Å². The van der Waals surface area contributed by atoms with E-state index in [1.165, 1.54) is 0 Å². The maximum Gasteiger partial charge on any atom is 0.193 e. The van der Waals surface area contributed by atoms with Crippen LogP contribution in [0, 0.1) is 0 Å². The normalized spacial score (nSPS) is 10.8. The molecule has 0 radical (unpaired) electrons. The fraction of sp³-hybridized carbons (Fsp3) is 0.111. The smallest absolute Gasteiger partial charge is 0.193 e. The molecule has 0 saturated carbocycles. The molecule has 1 heterocycles. The van der Waals surface area contributed by atoms with Crippen molar-refractivity contribution in [2.24, 2.45) is 17.8 Å². The lowest BCUT2D eigenvalue weighted by atomic mass is 10.3. The fourth-order valence-corrected chi connectivity index (χ4v) is 2.17. The number of nitrogens with zero attached hydrogens (tertiary/aromatic N) is 3. The van der Waals surface area contributed by atoms with Crippen LogP contribution < -0.4 is 15.8 Å². The predicted molar refractivity (Wildman–Crippen MR) is 111 cm³/mol. The zero-order chi connectivity index (χ0) is 16.8. The third-order valence-corrected chi connectivity index (χ3v) is 3.42. The van der Waals surface area contributed by atoms with Crippen molar-refractivity contribution < 1.29 is 4.74 Å². The Morgan fingerprint density at radius 2 is 1.88 bits per heavy atom. The number of guanidine groups is 1. The topological polar surface area (TPSA) is 77.5 Å². The highest BCUT2D eigenvalue weighted by Crippen LogP contribution is 2.23. The van der Waals surface area contributed by atoms with Crippen LogP contribution >= 0.6 is 24.0 Å². The van der Waals surface area contributed by atoms with Gasteiger partial charge in [0.1, 0.15) is 11.5 Å². The summed E-state index contributed by atoms with van der Waals surface area (Å²) in [5.41, 5.74) is 7.74. The Morgan fingerprint density at radius 1 is 1.12 bits per heavy atom. The van der Waals surface area contributed by atoms with Gasteiger partial charge in [0.05, 0.1) is 12.2 Å². The highest BCUT2D eigenvalue weighted by Gasteiger charge is 2.01. The van der Waals surface area contributed by atoms with Gasteiger partial charge < -0.3 is 15.8 Å². The minimum Gasteiger partial charge on any atom is -0.457 e. The van der Waals surface area contributed by atoms with E-state index in [0.717, 1.165) is 22.9 Å². The molecule has 0 unspecified atom stereocenters. The zero-order valence-corrected chi connectivity index (χ0v) is 16.1. The number of hydrogen-bond donors (Lipinski definition) is 2. The van der Waals surface area contributed by atoms with Crippen molar-refractivity contribution in [3.63, 3.8) is 0 Å². The van der Waals surface area contributed by atoms with Crippen molar-refractivity contribution in [3.8, 4) is 11.5 Å². The average molecular weight is 449 g/mol. The average Bonchev–Trinajstić information content (AvgIpc) is 2.99. The van der Waals surface area contributed by atoms with E-state index in [-0.39, 0.29) is 24.0 Å². The Bertz CT molecular complexity index is 832. The van der Waals surface area contributed by atoms with Crippen LogP contribution in [0.5, 0.6) is 11.5 Å². The van der Waals surface area contributed by atoms with Crippen molar-refractivity contribution in [1.82, 2.24) is 9.78 Å². The molecule has 6 nitrogen and oxygen atoms in total. The number of halogens is 1. The van der Waals surface area contributed by atoms with Gasteiger partial charge in [0, 0.05) is 25.0 Å². The molecule has 7 heteroatoms. The Balaban J connectivity index is 0.00000225. The molecule has 25 heavy (non-hydrogen) atoms. The fourth-order valence-electron chi connectivity index (χ4n) is 2.17. The lowest BCUT2D eigenvalue weighted by Crippen LogP contribution is -2.22. The molecular formula is C18H20IN5O. The standard InChI is InChI=1S/C18H19N5O.HI/c1-23-15(10-11-21-23)13-20-18(19)22-14-6-5-9-17(12-14)24-16-7-3-2-4-8-16;/h2-12H,13H2,1H3,(H3,19,20,22);1H. The molecule has 0 fully saturated rings. The first kappa shape index (κ1) is 18.8. The van der Waals surface area contributed by atoms with Crippen LogP contribution in [0.1, 0.15) is 5.69 Å². The molecule has 3 aromatic rings. The zero-order valence-electron chi connectivity index (χ0n) is 13.8. The number of ether oxygens (including phenoxy) is 1. The van der Waals surface area contributed by atoms with Gasteiger partial charge in [-0.05, 0) is 30.3 Å². The maximum atomic E-state index is 5.94. The number of nitrogens with two attached hydrogens (primary N) is 1. The van der Waals surface area contributed by atoms with E-state index in [4.69, 9.17) is 10.5 Å². The molecule has 3 N–H and O–H groups in total. The molecule has 0 saturated heterocycles. The van der Waals surface area contributed by atoms with E-state index >= 15 is 0 Å². The van der Waals surface area contributed by atoms with Gasteiger partial charge in [0.15, 0.2) is 5.96 Å². The van der Waals surface area contributed by atoms with E-state index in [1.54, 1.807) is 10.9 Å². The number of nitrogens with one attached hydrogen (secondary N) is 1. The second kappa shape index (κ2) is 9.07. The molecule has 130 valence electrons. The monoisotopic (exact) mass is 449 g/mol. The van der Waals surface area contributed by atoms with Gasteiger partial charge in [-0.2, -0.15) is 5.10 Å². The third-order valence-electron chi connectivity index (χ3n) is 3.42. The summed E-state index contributed by atoms with van der Waals surface area (Å²) in [5.74, 6) is 1.85. The Kier molecular flexibility index (Phi) is 6.81. The van der Waals surface area contributed by atoms with Crippen molar-refractivity contribution in [3.05, 3.63) is 72.6 Å². The summed E-state index contributed by atoms with van der Waals surface area (Å²) in [6, 6.07) is 19.1. The van der Waals surface area contributed by atoms with Crippen LogP contribution in [0.4, 0.5) is 5.69 Å². The quantitative estimate of drug-likeness (QED) is 0.353. The minimum atomic E-state index is 0. The van der Waals surface area contributed by atoms with E-state index in [9.17, 15) is 0 Å². The number of anilines is 1. The molecule has 0 aliphatic heterocycles. The molecule has 0 aliphatic carbocycles. The number of aryl methyl sites for hydroxylation is 1. The van der Waals surface area contributed by atoms with Crippen LogP contribution in [0.3, 0.4) is 0 Å². The second-order valence-corrected chi connectivity index (χ2v) is 5.22. The Morgan fingerprint density at radius 3 is 2.60 bits per heavy atom. The van der Waals surface area contributed by atoms with Gasteiger partial charge in [-0.3, -0.25) is 4.68 Å². The number of aliphatic imine (C=N–C) groups is 1. The van der Waals surface area contributed by atoms with Crippen molar-refractivity contribution in [1.29, 1.82) is 0 Å². The van der Waals surface area contributed by atoms with Crippen LogP contribution in [0.2, 0.25) is 0 Å². The molecule has 0 bridgehead atoms. The second-order valence-electron chi connectivity index (χ2n) is 5.22. The summed E-state index contributed by atoms with van der Waals surface area (Å²) in [6.07, 6.45) is 1.73. The Hall–Kier alpha value is -2.55. The number of rotatable bonds is 5. The van der Waals surface area contributed by atoms with Crippen molar-refractivity contribution >= 4 is 35.6 Å². The number of aromatic nitrogens is 2.